The lowest BCUT2D eigenvalue weighted by Gasteiger charge is -2.25. The number of carbonyl (C=O) groups is 3. The number of hydrogen-bond acceptors (Lipinski definition) is 4. The first-order valence-corrected chi connectivity index (χ1v) is 5.62. The van der Waals surface area contributed by atoms with Crippen molar-refractivity contribution in [3.63, 3.8) is 0 Å². The van der Waals surface area contributed by atoms with Gasteiger partial charge in [-0.3, -0.25) is 14.4 Å². The third-order valence-corrected chi connectivity index (χ3v) is 2.66. The molecule has 0 aromatic heterocycles. The molecule has 1 aliphatic carbocycles. The molecule has 5 nitrogen and oxygen atoms in total. The van der Waals surface area contributed by atoms with Crippen LogP contribution < -0.4 is 5.32 Å². The molecule has 1 amide bonds. The molecular weight excluding hydrogens is 234 g/mol. The van der Waals surface area contributed by atoms with Crippen LogP contribution in [0.15, 0.2) is 36.0 Å². The van der Waals surface area contributed by atoms with Crippen LogP contribution in [0.3, 0.4) is 0 Å². The first-order chi connectivity index (χ1) is 8.58. The molecule has 2 rings (SSSR count). The van der Waals surface area contributed by atoms with Crippen LogP contribution in [0.4, 0.5) is 0 Å². The Kier molecular flexibility index (Phi) is 3.41. The highest BCUT2D eigenvalue weighted by atomic mass is 16.5. The molecule has 0 saturated carbocycles. The average Bonchev–Trinajstić information content (AvgIpc) is 2.35. The fourth-order valence-electron chi connectivity index (χ4n) is 1.76. The quantitative estimate of drug-likeness (QED) is 0.574. The maximum atomic E-state index is 11.7. The van der Waals surface area contributed by atoms with Crippen LogP contribution in [0.2, 0.25) is 0 Å². The van der Waals surface area contributed by atoms with Crippen LogP contribution in [0.25, 0.3) is 0 Å². The maximum absolute atomic E-state index is 11.7. The van der Waals surface area contributed by atoms with E-state index < -0.39 is 23.9 Å². The Hall–Kier alpha value is -2.17. The van der Waals surface area contributed by atoms with Gasteiger partial charge in [0, 0.05) is 0 Å². The summed E-state index contributed by atoms with van der Waals surface area (Å²) in [5, 5.41) is 2.40. The van der Waals surface area contributed by atoms with Gasteiger partial charge in [-0.1, -0.05) is 24.3 Å². The Morgan fingerprint density at radius 2 is 2.17 bits per heavy atom. The summed E-state index contributed by atoms with van der Waals surface area (Å²) in [5.41, 5.74) is 0.778. The van der Waals surface area contributed by atoms with Crippen molar-refractivity contribution < 1.29 is 19.1 Å². The molecule has 0 aromatic carbocycles. The lowest BCUT2D eigenvalue weighted by Crippen LogP contribution is -2.41. The third kappa shape index (κ3) is 2.56. The fourth-order valence-corrected chi connectivity index (χ4v) is 1.76. The number of fused-ring (bicyclic) bond motifs is 1. The molecule has 0 radical (unpaired) electrons. The van der Waals surface area contributed by atoms with Gasteiger partial charge in [-0.15, -0.1) is 0 Å². The van der Waals surface area contributed by atoms with E-state index in [2.05, 4.69) is 5.32 Å². The van der Waals surface area contributed by atoms with Gasteiger partial charge < -0.3 is 10.1 Å². The minimum Gasteiger partial charge on any atom is -0.452 e. The smallest absolute Gasteiger partial charge is 0.323 e. The van der Waals surface area contributed by atoms with E-state index in [-0.39, 0.29) is 12.3 Å². The molecular formula is C13H13NO4. The molecule has 2 aliphatic rings. The van der Waals surface area contributed by atoms with Gasteiger partial charge in [0.05, 0.1) is 6.54 Å². The number of nitrogens with one attached hydrogen (secondary N) is 1. The van der Waals surface area contributed by atoms with E-state index in [1.54, 1.807) is 24.3 Å². The number of hydrogen-bond donors (Lipinski definition) is 1. The summed E-state index contributed by atoms with van der Waals surface area (Å²) in [6, 6.07) is 0. The summed E-state index contributed by atoms with van der Waals surface area (Å²) in [6.45, 7) is 1.29. The van der Waals surface area contributed by atoms with E-state index in [1.165, 1.54) is 6.92 Å². The van der Waals surface area contributed by atoms with Crippen molar-refractivity contribution in [3.8, 4) is 0 Å². The summed E-state index contributed by atoms with van der Waals surface area (Å²) >= 11 is 0. The van der Waals surface area contributed by atoms with Gasteiger partial charge in [-0.2, -0.15) is 0 Å². The van der Waals surface area contributed by atoms with Gasteiger partial charge in [0.25, 0.3) is 0 Å². The molecule has 94 valence electrons. The summed E-state index contributed by atoms with van der Waals surface area (Å²) < 4.78 is 5.14. The second-order valence-corrected chi connectivity index (χ2v) is 4.17. The van der Waals surface area contributed by atoms with Crippen molar-refractivity contribution in [3.05, 3.63) is 36.0 Å². The van der Waals surface area contributed by atoms with Crippen LogP contribution in [0.1, 0.15) is 6.92 Å². The van der Waals surface area contributed by atoms with E-state index in [0.29, 0.717) is 0 Å². The normalized spacial score (nSPS) is 24.9. The van der Waals surface area contributed by atoms with Gasteiger partial charge in [0.1, 0.15) is 11.9 Å². The minimum atomic E-state index is -0.980. The van der Waals surface area contributed by atoms with Crippen LogP contribution in [-0.2, 0) is 19.1 Å². The minimum absolute atomic E-state index is 0.0784. The van der Waals surface area contributed by atoms with Gasteiger partial charge in [-0.05, 0) is 18.6 Å². The maximum Gasteiger partial charge on any atom is 0.323 e. The first kappa shape index (κ1) is 12.3. The highest BCUT2D eigenvalue weighted by Gasteiger charge is 2.34. The zero-order valence-electron chi connectivity index (χ0n) is 9.88. The van der Waals surface area contributed by atoms with Gasteiger partial charge in [0.15, 0.2) is 5.92 Å². The number of rotatable bonds is 3. The monoisotopic (exact) mass is 247 g/mol. The second-order valence-electron chi connectivity index (χ2n) is 4.17. The molecule has 0 saturated heterocycles. The number of ketones is 1. The Morgan fingerprint density at radius 1 is 1.39 bits per heavy atom. The lowest BCUT2D eigenvalue weighted by atomic mass is 9.95. The Bertz CT molecular complexity index is 487. The van der Waals surface area contributed by atoms with Crippen molar-refractivity contribution in [1.82, 2.24) is 5.32 Å². The first-order valence-electron chi connectivity index (χ1n) is 5.62. The van der Waals surface area contributed by atoms with Crippen molar-refractivity contribution in [2.75, 3.05) is 6.54 Å². The summed E-state index contributed by atoms with van der Waals surface area (Å²) in [5.74, 6) is -2.25. The molecule has 2 atom stereocenters. The number of carbonyl (C=O) groups excluding carboxylic acids is 3. The van der Waals surface area contributed by atoms with E-state index in [9.17, 15) is 14.4 Å². The molecule has 1 N–H and O–H groups in total. The number of Topliss-reactive ketones (excluding diaryl/α,β-unsaturated/α-hetero) is 1. The largest absolute Gasteiger partial charge is 0.452 e. The number of ether oxygens (including phenoxy) is 1. The van der Waals surface area contributed by atoms with E-state index in [4.69, 9.17) is 4.74 Å². The van der Waals surface area contributed by atoms with Crippen molar-refractivity contribution in [2.45, 2.75) is 13.0 Å². The molecule has 1 heterocycles. The van der Waals surface area contributed by atoms with Crippen molar-refractivity contribution >= 4 is 17.7 Å². The van der Waals surface area contributed by atoms with E-state index >= 15 is 0 Å². The van der Waals surface area contributed by atoms with Crippen LogP contribution >= 0.6 is 0 Å². The van der Waals surface area contributed by atoms with Crippen molar-refractivity contribution in [2.24, 2.45) is 5.92 Å². The van der Waals surface area contributed by atoms with Crippen LogP contribution in [0.5, 0.6) is 0 Å². The molecule has 5 heteroatoms. The van der Waals surface area contributed by atoms with E-state index in [1.807, 2.05) is 6.08 Å². The second kappa shape index (κ2) is 5.00. The SMILES string of the molecule is CC(=O)CNC(=O)C1C=C2C=CC=CC2OC1=O. The predicted octanol–water partition coefficient (Wildman–Crippen LogP) is 0.286. The van der Waals surface area contributed by atoms with Gasteiger partial charge >= 0.3 is 5.97 Å². The Labute approximate surface area is 104 Å². The molecule has 0 fully saturated rings. The summed E-state index contributed by atoms with van der Waals surface area (Å²) in [4.78, 5) is 34.2. The van der Waals surface area contributed by atoms with E-state index in [0.717, 1.165) is 5.57 Å². The molecule has 0 aromatic rings. The number of amides is 1. The molecule has 0 spiro atoms. The predicted molar refractivity (Wildman–Crippen MR) is 63.4 cm³/mol. The summed E-state index contributed by atoms with van der Waals surface area (Å²) in [7, 11) is 0. The fraction of sp³-hybridized carbons (Fsp3) is 0.308. The molecule has 1 aliphatic heterocycles. The standard InChI is InChI=1S/C13H13NO4/c1-8(15)7-14-12(16)10-6-9-4-2-3-5-11(9)18-13(10)17/h2-6,10-11H,7H2,1H3,(H,14,16). The van der Waals surface area contributed by atoms with Gasteiger partial charge in [0.2, 0.25) is 5.91 Å². The number of allylic oxidation sites excluding steroid dienone is 2. The molecule has 2 unspecified atom stereocenters. The zero-order chi connectivity index (χ0) is 13.1. The topological polar surface area (TPSA) is 72.5 Å². The van der Waals surface area contributed by atoms with Crippen molar-refractivity contribution in [1.29, 1.82) is 0 Å². The lowest BCUT2D eigenvalue weighted by molar-refractivity contribution is -0.153. The third-order valence-electron chi connectivity index (χ3n) is 2.66. The average molecular weight is 247 g/mol. The molecule has 0 bridgehead atoms. The Balaban J connectivity index is 2.11. The summed E-state index contributed by atoms with van der Waals surface area (Å²) in [6.07, 6.45) is 8.30. The van der Waals surface area contributed by atoms with Crippen LogP contribution in [-0.4, -0.2) is 30.3 Å². The zero-order valence-corrected chi connectivity index (χ0v) is 9.88. The molecule has 18 heavy (non-hydrogen) atoms. The van der Waals surface area contributed by atoms with Gasteiger partial charge in [-0.25, -0.2) is 0 Å². The van der Waals surface area contributed by atoms with Crippen LogP contribution in [0, 0.1) is 5.92 Å². The Morgan fingerprint density at radius 3 is 2.89 bits per heavy atom. The number of esters is 1. The highest BCUT2D eigenvalue weighted by molar-refractivity contribution is 6.01. The highest BCUT2D eigenvalue weighted by Crippen LogP contribution is 2.24.